The Bertz CT molecular complexity index is 3090. The number of aromatic hydroxyl groups is 4. The lowest BCUT2D eigenvalue weighted by molar-refractivity contribution is -0.297. The Balaban J connectivity index is 1.75. The fourth-order valence-electron chi connectivity index (χ4n) is 11.2. The van der Waals surface area contributed by atoms with Gasteiger partial charge < -0.3 is 49.2 Å². The molecule has 1 heterocycles. The summed E-state index contributed by atoms with van der Waals surface area (Å²) in [7, 11) is 0. The second-order valence-electron chi connectivity index (χ2n) is 33.1. The van der Waals surface area contributed by atoms with Gasteiger partial charge in [0.2, 0.25) is 0 Å². The van der Waals surface area contributed by atoms with Gasteiger partial charge in [0.15, 0.2) is 24.6 Å². The average molecular weight is 1220 g/mol. The molecule has 1 aliphatic heterocycles. The van der Waals surface area contributed by atoms with E-state index < -0.39 is 128 Å². The van der Waals surface area contributed by atoms with Crippen LogP contribution >= 0.6 is 0 Å². The lowest BCUT2D eigenvalue weighted by Gasteiger charge is -2.43. The van der Waals surface area contributed by atoms with E-state index >= 15 is 9.59 Å². The van der Waals surface area contributed by atoms with E-state index in [4.69, 9.17) is 23.7 Å². The Hall–Kier alpha value is -6.12. The minimum absolute atomic E-state index is 0.0937. The van der Waals surface area contributed by atoms with Crippen LogP contribution in [0.2, 0.25) is 0 Å². The Morgan fingerprint density at radius 2 is 0.545 bits per heavy atom. The number of phenols is 4. The molecule has 4 aromatic rings. The van der Waals surface area contributed by atoms with Gasteiger partial charge in [0, 0.05) is 0 Å². The van der Waals surface area contributed by atoms with Gasteiger partial charge in [-0.2, -0.15) is 0 Å². The molecule has 4 aromatic carbocycles. The van der Waals surface area contributed by atoms with Crippen LogP contribution in [0.5, 0.6) is 23.0 Å². The standard InChI is InChI=1S/C74H108O14/c1-38(42-29-46(67(5,6)7)55(75)47(30-42)68(8,9)10)62(79)84-37-54-59(86-63(80)39(2)43-31-48(69(11,12)13)56(76)49(32-43)70(14,15)16)60(87-64(81)40(3)44-33-50(71(17,18)19)57(77)51(34-44)72(20,21)22)61(66(83)85-54)88-65(82)41(4)45-35-52(73(23,24)25)58(78)53(36-45)74(26,27)28/h29-36,38-41,54,59-61,66,75-78,83H,37H2,1-28H3/t38?,39?,40?,41?,54-,59-,60+,61-,66+/m1/s1. The van der Waals surface area contributed by atoms with Crippen molar-refractivity contribution >= 4 is 23.9 Å². The summed E-state index contributed by atoms with van der Waals surface area (Å²) in [4.78, 5) is 60.1. The summed E-state index contributed by atoms with van der Waals surface area (Å²) in [5.74, 6) is -7.04. The Morgan fingerprint density at radius 1 is 0.352 bits per heavy atom. The third kappa shape index (κ3) is 16.3. The molecule has 0 radical (unpaired) electrons. The molecule has 0 spiro atoms. The molecule has 5 rings (SSSR count). The van der Waals surface area contributed by atoms with E-state index in [1.165, 1.54) is 0 Å². The zero-order valence-electron chi connectivity index (χ0n) is 58.4. The van der Waals surface area contributed by atoms with E-state index in [-0.39, 0.29) is 23.0 Å². The van der Waals surface area contributed by atoms with Crippen molar-refractivity contribution in [2.24, 2.45) is 0 Å². The van der Waals surface area contributed by atoms with Gasteiger partial charge in [0.1, 0.15) is 35.7 Å². The first-order valence-electron chi connectivity index (χ1n) is 31.2. The van der Waals surface area contributed by atoms with Crippen molar-refractivity contribution in [3.05, 3.63) is 115 Å². The molecule has 0 amide bonds. The molecule has 4 unspecified atom stereocenters. The smallest absolute Gasteiger partial charge is 0.313 e. The van der Waals surface area contributed by atoms with Crippen molar-refractivity contribution in [2.75, 3.05) is 6.61 Å². The first kappa shape index (κ1) is 72.6. The number of benzene rings is 4. The van der Waals surface area contributed by atoms with Crippen molar-refractivity contribution in [1.29, 1.82) is 0 Å². The number of aliphatic hydroxyl groups excluding tert-OH is 1. The quantitative estimate of drug-likeness (QED) is 0.0622. The fraction of sp³-hybridized carbons (Fsp3) is 0.622. The van der Waals surface area contributed by atoms with Crippen molar-refractivity contribution in [2.45, 2.75) is 292 Å². The van der Waals surface area contributed by atoms with E-state index in [1.807, 2.05) is 166 Å². The van der Waals surface area contributed by atoms with Crippen LogP contribution in [0.15, 0.2) is 48.5 Å². The van der Waals surface area contributed by atoms with Crippen LogP contribution in [-0.2, 0) is 86.2 Å². The zero-order valence-corrected chi connectivity index (χ0v) is 58.4. The number of ether oxygens (including phenoxy) is 5. The number of aliphatic hydroxyl groups is 1. The van der Waals surface area contributed by atoms with E-state index in [0.717, 1.165) is 0 Å². The lowest BCUT2D eigenvalue weighted by Crippen LogP contribution is -2.63. The highest BCUT2D eigenvalue weighted by Gasteiger charge is 2.54. The van der Waals surface area contributed by atoms with Gasteiger partial charge in [-0.3, -0.25) is 19.2 Å². The van der Waals surface area contributed by atoms with Gasteiger partial charge in [0.25, 0.3) is 0 Å². The van der Waals surface area contributed by atoms with Crippen LogP contribution in [0.1, 0.15) is 284 Å². The maximum Gasteiger partial charge on any atom is 0.313 e. The summed E-state index contributed by atoms with van der Waals surface area (Å²) in [5.41, 5.74) is 2.39. The van der Waals surface area contributed by atoms with E-state index in [2.05, 4.69) is 0 Å². The third-order valence-electron chi connectivity index (χ3n) is 17.2. The number of phenolic OH excluding ortho intramolecular Hbond substituents is 4. The summed E-state index contributed by atoms with van der Waals surface area (Å²) in [6.07, 6.45) is -9.10. The number of rotatable bonds is 13. The fourth-order valence-corrected chi connectivity index (χ4v) is 11.2. The molecule has 0 aliphatic carbocycles. The number of carbonyl (C=O) groups excluding carboxylic acids is 4. The van der Waals surface area contributed by atoms with E-state index in [1.54, 1.807) is 76.2 Å². The van der Waals surface area contributed by atoms with Crippen LogP contribution in [0.25, 0.3) is 0 Å². The SMILES string of the molecule is CC(C(=O)OC[C@H]1O[C@H](O)[C@H](OC(=O)C(C)c2cc(C(C)(C)C)c(O)c(C(C)(C)C)c2)[C@@H](OC(=O)C(C)c2cc(C(C)(C)C)c(O)c(C(C)(C)C)c2)[C@@H]1OC(=O)C(C)c1cc(C(C)(C)C)c(O)c(C(C)(C)C)c1)c1cc(C(C)(C)C)c(O)c(C(C)(C)C)c1. The van der Waals surface area contributed by atoms with E-state index in [0.29, 0.717) is 66.8 Å². The molecule has 1 fully saturated rings. The summed E-state index contributed by atoms with van der Waals surface area (Å²) in [5, 5.41) is 59.1. The summed E-state index contributed by atoms with van der Waals surface area (Å²) >= 11 is 0. The van der Waals surface area contributed by atoms with Gasteiger partial charge in [-0.25, -0.2) is 0 Å². The highest BCUT2D eigenvalue weighted by atomic mass is 16.7. The van der Waals surface area contributed by atoms with Gasteiger partial charge >= 0.3 is 23.9 Å². The second kappa shape index (κ2) is 25.3. The zero-order chi connectivity index (χ0) is 67.6. The molecular formula is C74H108O14. The number of hydrogen-bond donors (Lipinski definition) is 5. The van der Waals surface area contributed by atoms with Gasteiger partial charge in [-0.15, -0.1) is 0 Å². The molecule has 14 heteroatoms. The molecule has 9 atom stereocenters. The molecule has 14 nitrogen and oxygen atoms in total. The topological polar surface area (TPSA) is 216 Å². The van der Waals surface area contributed by atoms with Gasteiger partial charge in [-0.1, -0.05) is 215 Å². The first-order valence-corrected chi connectivity index (χ1v) is 31.2. The number of esters is 4. The molecule has 0 bridgehead atoms. The number of hydrogen-bond acceptors (Lipinski definition) is 14. The van der Waals surface area contributed by atoms with Gasteiger partial charge in [0.05, 0.1) is 23.7 Å². The van der Waals surface area contributed by atoms with Crippen molar-refractivity contribution < 1.29 is 68.4 Å². The first-order chi connectivity index (χ1) is 39.6. The summed E-state index contributed by atoms with van der Waals surface area (Å²) in [6.45, 7) is 52.9. The Labute approximate surface area is 526 Å². The third-order valence-corrected chi connectivity index (χ3v) is 17.2. The van der Waals surface area contributed by atoms with Crippen molar-refractivity contribution in [1.82, 2.24) is 0 Å². The molecule has 88 heavy (non-hydrogen) atoms. The highest BCUT2D eigenvalue weighted by Crippen LogP contribution is 2.47. The second-order valence-corrected chi connectivity index (χ2v) is 33.1. The predicted octanol–water partition coefficient (Wildman–Crippen LogP) is 15.4. The lowest BCUT2D eigenvalue weighted by atomic mass is 9.77. The normalized spacial score (nSPS) is 19.7. The Kier molecular flexibility index (Phi) is 20.9. The van der Waals surface area contributed by atoms with Crippen molar-refractivity contribution in [3.8, 4) is 23.0 Å². The van der Waals surface area contributed by atoms with Crippen LogP contribution in [0, 0.1) is 0 Å². The van der Waals surface area contributed by atoms with Crippen LogP contribution in [0.3, 0.4) is 0 Å². The molecule has 1 aliphatic rings. The summed E-state index contributed by atoms with van der Waals surface area (Å²) in [6, 6.07) is 14.1. The van der Waals surface area contributed by atoms with Gasteiger partial charge in [-0.05, 0) is 138 Å². The molecule has 0 saturated carbocycles. The molecular weight excluding hydrogens is 1110 g/mol. The molecule has 488 valence electrons. The minimum Gasteiger partial charge on any atom is -0.507 e. The average Bonchev–Trinajstić information content (AvgIpc) is 1.31. The maximum atomic E-state index is 15.3. The Morgan fingerprint density at radius 3 is 0.761 bits per heavy atom. The molecule has 1 saturated heterocycles. The number of carbonyl (C=O) groups is 4. The maximum absolute atomic E-state index is 15.3. The molecule has 5 N–H and O–H groups in total. The minimum atomic E-state index is -2.08. The van der Waals surface area contributed by atoms with Crippen molar-refractivity contribution in [3.63, 3.8) is 0 Å². The largest absolute Gasteiger partial charge is 0.507 e. The van der Waals surface area contributed by atoms with E-state index in [9.17, 15) is 35.1 Å². The summed E-state index contributed by atoms with van der Waals surface area (Å²) < 4.78 is 32.0. The molecule has 0 aromatic heterocycles. The van der Waals surface area contributed by atoms with Crippen LogP contribution in [-0.4, -0.2) is 86.7 Å². The monoisotopic (exact) mass is 1220 g/mol. The van der Waals surface area contributed by atoms with Crippen LogP contribution < -0.4 is 0 Å². The predicted molar refractivity (Wildman–Crippen MR) is 347 cm³/mol. The highest BCUT2D eigenvalue weighted by molar-refractivity contribution is 5.81. The van der Waals surface area contributed by atoms with Crippen LogP contribution in [0.4, 0.5) is 0 Å².